The van der Waals surface area contributed by atoms with E-state index in [1.54, 1.807) is 0 Å². The Kier molecular flexibility index (Phi) is 4.54. The average molecular weight is 235 g/mol. The van der Waals surface area contributed by atoms with Gasteiger partial charge in [-0.1, -0.05) is 43.5 Å². The largest absolute Gasteiger partial charge is 0.387 e. The second kappa shape index (κ2) is 6.15. The molecule has 2 rings (SSSR count). The Balaban J connectivity index is 2.01. The fraction of sp³-hybridized carbons (Fsp3) is 0.571. The Morgan fingerprint density at radius 2 is 1.76 bits per heavy atom. The van der Waals surface area contributed by atoms with E-state index in [9.17, 15) is 5.11 Å². The van der Waals surface area contributed by atoms with Crippen LogP contribution < -0.4 is 5.48 Å². The number of hydrogen-bond donors (Lipinski definition) is 3. The van der Waals surface area contributed by atoms with Crippen LogP contribution in [-0.4, -0.2) is 16.9 Å². The predicted octanol–water partition coefficient (Wildman–Crippen LogP) is 2.75. The first kappa shape index (κ1) is 12.6. The van der Waals surface area contributed by atoms with Gasteiger partial charge in [-0.15, -0.1) is 0 Å². The van der Waals surface area contributed by atoms with Gasteiger partial charge in [-0.3, -0.25) is 0 Å². The van der Waals surface area contributed by atoms with Crippen molar-refractivity contribution in [1.29, 1.82) is 0 Å². The minimum atomic E-state index is -0.639. The third kappa shape index (κ3) is 3.28. The summed E-state index contributed by atoms with van der Waals surface area (Å²) in [5.41, 5.74) is 4.23. The maximum atomic E-state index is 9.70. The molecule has 0 amide bonds. The molecule has 1 aromatic rings. The molecule has 1 aliphatic rings. The summed E-state index contributed by atoms with van der Waals surface area (Å²) in [5, 5.41) is 18.2. The van der Waals surface area contributed by atoms with Crippen molar-refractivity contribution in [3.8, 4) is 0 Å². The van der Waals surface area contributed by atoms with Gasteiger partial charge in [-0.05, 0) is 29.9 Å². The Morgan fingerprint density at radius 1 is 1.12 bits per heavy atom. The van der Waals surface area contributed by atoms with Crippen molar-refractivity contribution in [2.75, 3.05) is 6.54 Å². The molecule has 3 N–H and O–H groups in total. The first-order valence-corrected chi connectivity index (χ1v) is 6.46. The quantitative estimate of drug-likeness (QED) is 0.703. The van der Waals surface area contributed by atoms with E-state index in [2.05, 4.69) is 12.1 Å². The molecule has 1 unspecified atom stereocenters. The number of aliphatic hydroxyl groups excluding tert-OH is 1. The number of nitrogens with one attached hydrogen (secondary N) is 1. The molecule has 0 heterocycles. The van der Waals surface area contributed by atoms with E-state index >= 15 is 0 Å². The molecule has 0 radical (unpaired) electrons. The molecular weight excluding hydrogens is 214 g/mol. The lowest BCUT2D eigenvalue weighted by Crippen LogP contribution is -2.17. The van der Waals surface area contributed by atoms with Crippen molar-refractivity contribution < 1.29 is 10.3 Å². The summed E-state index contributed by atoms with van der Waals surface area (Å²) < 4.78 is 0. The molecule has 3 nitrogen and oxygen atoms in total. The van der Waals surface area contributed by atoms with Crippen LogP contribution in [0.4, 0.5) is 0 Å². The Morgan fingerprint density at radius 3 is 2.35 bits per heavy atom. The molecule has 1 fully saturated rings. The number of hydroxylamine groups is 1. The minimum absolute atomic E-state index is 0.169. The molecule has 1 aliphatic carbocycles. The van der Waals surface area contributed by atoms with E-state index in [0.717, 1.165) is 5.56 Å². The Labute approximate surface area is 102 Å². The number of benzene rings is 1. The zero-order valence-corrected chi connectivity index (χ0v) is 10.1. The Bertz CT molecular complexity index is 331. The molecule has 1 aromatic carbocycles. The van der Waals surface area contributed by atoms with E-state index in [1.807, 2.05) is 17.6 Å². The van der Waals surface area contributed by atoms with Crippen LogP contribution in [-0.2, 0) is 0 Å². The smallest absolute Gasteiger partial charge is 0.0937 e. The molecule has 1 saturated carbocycles. The lowest BCUT2D eigenvalue weighted by molar-refractivity contribution is 0.0921. The third-order valence-electron chi connectivity index (χ3n) is 3.68. The van der Waals surface area contributed by atoms with Crippen molar-refractivity contribution in [2.24, 2.45) is 0 Å². The van der Waals surface area contributed by atoms with E-state index in [1.165, 1.54) is 37.7 Å². The van der Waals surface area contributed by atoms with E-state index in [0.29, 0.717) is 5.92 Å². The molecule has 0 aliphatic heterocycles. The maximum Gasteiger partial charge on any atom is 0.0937 e. The van der Waals surface area contributed by atoms with Gasteiger partial charge in [0, 0.05) is 0 Å². The van der Waals surface area contributed by atoms with Crippen molar-refractivity contribution in [3.05, 3.63) is 35.4 Å². The van der Waals surface area contributed by atoms with E-state index in [-0.39, 0.29) is 6.54 Å². The fourth-order valence-electron chi connectivity index (χ4n) is 2.63. The molecule has 94 valence electrons. The van der Waals surface area contributed by atoms with Crippen LogP contribution in [0.3, 0.4) is 0 Å². The molecule has 0 saturated heterocycles. The zero-order valence-electron chi connectivity index (χ0n) is 10.1. The predicted molar refractivity (Wildman–Crippen MR) is 67.0 cm³/mol. The second-order valence-electron chi connectivity index (χ2n) is 4.88. The summed E-state index contributed by atoms with van der Waals surface area (Å²) in [7, 11) is 0. The standard InChI is InChI=1S/C14H21NO2/c16-14(10-15-17)13-8-6-12(7-9-13)11-4-2-1-3-5-11/h6-9,11,14-17H,1-5,10H2. The summed E-state index contributed by atoms with van der Waals surface area (Å²) in [6.45, 7) is 0.169. The van der Waals surface area contributed by atoms with Gasteiger partial charge in [0.05, 0.1) is 12.6 Å². The highest BCUT2D eigenvalue weighted by Gasteiger charge is 2.15. The topological polar surface area (TPSA) is 52.5 Å². The summed E-state index contributed by atoms with van der Waals surface area (Å²) in [5.74, 6) is 0.700. The van der Waals surface area contributed by atoms with Gasteiger partial charge < -0.3 is 10.3 Å². The fourth-order valence-corrected chi connectivity index (χ4v) is 2.63. The summed E-state index contributed by atoms with van der Waals surface area (Å²) in [4.78, 5) is 0. The van der Waals surface area contributed by atoms with Crippen LogP contribution in [0.25, 0.3) is 0 Å². The molecule has 0 bridgehead atoms. The maximum absolute atomic E-state index is 9.70. The molecule has 1 atom stereocenters. The van der Waals surface area contributed by atoms with Crippen molar-refractivity contribution in [3.63, 3.8) is 0 Å². The van der Waals surface area contributed by atoms with Gasteiger partial charge >= 0.3 is 0 Å². The van der Waals surface area contributed by atoms with Crippen molar-refractivity contribution in [2.45, 2.75) is 44.1 Å². The van der Waals surface area contributed by atoms with Gasteiger partial charge in [-0.25, -0.2) is 5.48 Å². The highest BCUT2D eigenvalue weighted by atomic mass is 16.5. The lowest BCUT2D eigenvalue weighted by atomic mass is 9.84. The lowest BCUT2D eigenvalue weighted by Gasteiger charge is -2.22. The minimum Gasteiger partial charge on any atom is -0.387 e. The van der Waals surface area contributed by atoms with Crippen LogP contribution in [0.15, 0.2) is 24.3 Å². The second-order valence-corrected chi connectivity index (χ2v) is 4.88. The molecule has 3 heteroatoms. The monoisotopic (exact) mass is 235 g/mol. The summed E-state index contributed by atoms with van der Waals surface area (Å²) in [6.07, 6.45) is 5.99. The average Bonchev–Trinajstić information content (AvgIpc) is 2.40. The highest BCUT2D eigenvalue weighted by molar-refractivity contribution is 5.27. The van der Waals surface area contributed by atoms with E-state index in [4.69, 9.17) is 5.21 Å². The van der Waals surface area contributed by atoms with Crippen molar-refractivity contribution in [1.82, 2.24) is 5.48 Å². The van der Waals surface area contributed by atoms with Crippen LogP contribution >= 0.6 is 0 Å². The summed E-state index contributed by atoms with van der Waals surface area (Å²) in [6, 6.07) is 8.16. The SMILES string of the molecule is ONCC(O)c1ccc(C2CCCCC2)cc1. The van der Waals surface area contributed by atoms with Crippen LogP contribution in [0.5, 0.6) is 0 Å². The number of rotatable bonds is 4. The first-order chi connectivity index (χ1) is 8.31. The zero-order chi connectivity index (χ0) is 12.1. The Hall–Kier alpha value is -0.900. The van der Waals surface area contributed by atoms with E-state index < -0.39 is 6.10 Å². The van der Waals surface area contributed by atoms with Gasteiger partial charge in [0.25, 0.3) is 0 Å². The van der Waals surface area contributed by atoms with Gasteiger partial charge in [0.2, 0.25) is 0 Å². The molecule has 17 heavy (non-hydrogen) atoms. The number of aliphatic hydroxyl groups is 1. The van der Waals surface area contributed by atoms with Crippen LogP contribution in [0.1, 0.15) is 55.3 Å². The highest BCUT2D eigenvalue weighted by Crippen LogP contribution is 2.32. The van der Waals surface area contributed by atoms with Gasteiger partial charge in [-0.2, -0.15) is 0 Å². The van der Waals surface area contributed by atoms with Crippen LogP contribution in [0.2, 0.25) is 0 Å². The molecular formula is C14H21NO2. The normalized spacial score (nSPS) is 19.2. The van der Waals surface area contributed by atoms with Gasteiger partial charge in [0.15, 0.2) is 0 Å². The molecule has 0 spiro atoms. The third-order valence-corrected chi connectivity index (χ3v) is 3.68. The van der Waals surface area contributed by atoms with Crippen LogP contribution in [0, 0.1) is 0 Å². The van der Waals surface area contributed by atoms with Crippen molar-refractivity contribution >= 4 is 0 Å². The first-order valence-electron chi connectivity index (χ1n) is 6.46. The van der Waals surface area contributed by atoms with Gasteiger partial charge in [0.1, 0.15) is 0 Å². The summed E-state index contributed by atoms with van der Waals surface area (Å²) >= 11 is 0. The molecule has 0 aromatic heterocycles. The number of hydrogen-bond acceptors (Lipinski definition) is 3.